The van der Waals surface area contributed by atoms with E-state index >= 15 is 0 Å². The van der Waals surface area contributed by atoms with Crippen LogP contribution in [-0.2, 0) is 0 Å². The fourth-order valence-electron chi connectivity index (χ4n) is 1.60. The lowest BCUT2D eigenvalue weighted by atomic mass is 9.95. The third kappa shape index (κ3) is 5.05. The quantitative estimate of drug-likeness (QED) is 0.750. The number of benzene rings is 1. The van der Waals surface area contributed by atoms with Gasteiger partial charge in [0.1, 0.15) is 11.6 Å². The van der Waals surface area contributed by atoms with Crippen LogP contribution in [0.2, 0.25) is 0 Å². The molecule has 102 valence electrons. The van der Waals surface area contributed by atoms with Crippen LogP contribution >= 0.6 is 0 Å². The second-order valence-corrected chi connectivity index (χ2v) is 5.54. The molecule has 3 heteroatoms. The van der Waals surface area contributed by atoms with Gasteiger partial charge in [-0.3, -0.25) is 0 Å². The highest BCUT2D eigenvalue weighted by molar-refractivity contribution is 5.28. The molecule has 0 saturated carbocycles. The van der Waals surface area contributed by atoms with Gasteiger partial charge in [-0.05, 0) is 31.5 Å². The van der Waals surface area contributed by atoms with Gasteiger partial charge in [0, 0.05) is 18.0 Å². The van der Waals surface area contributed by atoms with E-state index in [1.54, 1.807) is 13.0 Å². The zero-order chi connectivity index (χ0) is 13.6. The van der Waals surface area contributed by atoms with Crippen molar-refractivity contribution < 1.29 is 9.13 Å². The molecule has 0 bridgehead atoms. The van der Waals surface area contributed by atoms with E-state index < -0.39 is 0 Å². The van der Waals surface area contributed by atoms with E-state index in [-0.39, 0.29) is 11.2 Å². The maximum absolute atomic E-state index is 13.4. The van der Waals surface area contributed by atoms with Crippen molar-refractivity contribution in [3.05, 3.63) is 29.6 Å². The van der Waals surface area contributed by atoms with Gasteiger partial charge in [-0.1, -0.05) is 26.8 Å². The third-order valence-corrected chi connectivity index (χ3v) is 2.80. The molecule has 0 saturated heterocycles. The Morgan fingerprint density at radius 2 is 2.06 bits per heavy atom. The van der Waals surface area contributed by atoms with E-state index in [0.29, 0.717) is 17.9 Å². The van der Waals surface area contributed by atoms with Gasteiger partial charge in [0.15, 0.2) is 0 Å². The van der Waals surface area contributed by atoms with Gasteiger partial charge in [-0.2, -0.15) is 0 Å². The number of aryl methyl sites for hydroxylation is 1. The summed E-state index contributed by atoms with van der Waals surface area (Å²) in [6.45, 7) is 10.7. The Bertz CT molecular complexity index is 377. The molecule has 2 nitrogen and oxygen atoms in total. The molecule has 0 aliphatic rings. The summed E-state index contributed by atoms with van der Waals surface area (Å²) in [5.41, 5.74) is 0.683. The molecule has 0 aliphatic carbocycles. The Morgan fingerprint density at radius 1 is 1.33 bits per heavy atom. The summed E-state index contributed by atoms with van der Waals surface area (Å²) in [6, 6.07) is 5.01. The van der Waals surface area contributed by atoms with Crippen LogP contribution in [0.15, 0.2) is 18.2 Å². The highest BCUT2D eigenvalue weighted by Gasteiger charge is 2.18. The van der Waals surface area contributed by atoms with Crippen LogP contribution in [0, 0.1) is 18.2 Å². The zero-order valence-electron chi connectivity index (χ0n) is 11.8. The topological polar surface area (TPSA) is 21.3 Å². The van der Waals surface area contributed by atoms with E-state index in [1.165, 1.54) is 6.07 Å². The molecule has 1 aromatic carbocycles. The fourth-order valence-corrected chi connectivity index (χ4v) is 1.60. The Morgan fingerprint density at radius 3 is 2.67 bits per heavy atom. The van der Waals surface area contributed by atoms with Gasteiger partial charge >= 0.3 is 0 Å². The first-order valence-corrected chi connectivity index (χ1v) is 6.54. The monoisotopic (exact) mass is 253 g/mol. The van der Waals surface area contributed by atoms with Crippen LogP contribution in [0.25, 0.3) is 0 Å². The lowest BCUT2D eigenvalue weighted by Gasteiger charge is -2.25. The predicted octanol–water partition coefficient (Wildman–Crippen LogP) is 3.54. The molecule has 0 atom stereocenters. The minimum Gasteiger partial charge on any atom is -0.493 e. The van der Waals surface area contributed by atoms with Crippen molar-refractivity contribution >= 4 is 0 Å². The molecule has 1 aromatic rings. The minimum atomic E-state index is -0.214. The average Bonchev–Trinajstić information content (AvgIpc) is 2.31. The van der Waals surface area contributed by atoms with Gasteiger partial charge in [0.25, 0.3) is 0 Å². The number of nitrogens with one attached hydrogen (secondary N) is 1. The van der Waals surface area contributed by atoms with Crippen LogP contribution in [0.1, 0.15) is 32.8 Å². The molecule has 0 heterocycles. The zero-order valence-corrected chi connectivity index (χ0v) is 11.8. The Balaban J connectivity index is 2.45. The number of rotatable bonds is 7. The van der Waals surface area contributed by atoms with Crippen molar-refractivity contribution in [2.75, 3.05) is 19.7 Å². The maximum atomic E-state index is 13.4. The first-order chi connectivity index (χ1) is 8.44. The lowest BCUT2D eigenvalue weighted by molar-refractivity contribution is 0.176. The van der Waals surface area contributed by atoms with Gasteiger partial charge in [-0.15, -0.1) is 0 Å². The molecule has 0 amide bonds. The highest BCUT2D eigenvalue weighted by Crippen LogP contribution is 2.20. The molecule has 1 rings (SSSR count). The van der Waals surface area contributed by atoms with Crippen molar-refractivity contribution in [2.45, 2.75) is 34.1 Å². The van der Waals surface area contributed by atoms with Crippen LogP contribution in [-0.4, -0.2) is 19.7 Å². The normalized spacial score (nSPS) is 11.6. The summed E-state index contributed by atoms with van der Waals surface area (Å²) in [4.78, 5) is 0. The predicted molar refractivity (Wildman–Crippen MR) is 73.6 cm³/mol. The largest absolute Gasteiger partial charge is 0.493 e. The summed E-state index contributed by atoms with van der Waals surface area (Å²) in [5.74, 6) is 0.385. The fraction of sp³-hybridized carbons (Fsp3) is 0.600. The summed E-state index contributed by atoms with van der Waals surface area (Å²) in [6.07, 6.45) is 1.13. The number of halogens is 1. The molecular formula is C15H24FNO. The summed E-state index contributed by atoms with van der Waals surface area (Å²) in [7, 11) is 0. The SMILES string of the molecule is CCCNCC(C)(C)COc1ccc(C)c(F)c1. The summed E-state index contributed by atoms with van der Waals surface area (Å²) < 4.78 is 19.0. The Kier molecular flexibility index (Phi) is 5.60. The molecule has 1 N–H and O–H groups in total. The van der Waals surface area contributed by atoms with Gasteiger partial charge < -0.3 is 10.1 Å². The van der Waals surface area contributed by atoms with Crippen molar-refractivity contribution in [1.82, 2.24) is 5.32 Å². The van der Waals surface area contributed by atoms with Crippen molar-refractivity contribution in [3.63, 3.8) is 0 Å². The van der Waals surface area contributed by atoms with Gasteiger partial charge in [0.05, 0.1) is 6.61 Å². The van der Waals surface area contributed by atoms with E-state index in [0.717, 1.165) is 19.5 Å². The summed E-state index contributed by atoms with van der Waals surface area (Å²) in [5, 5.41) is 3.38. The molecule has 0 fully saturated rings. The first-order valence-electron chi connectivity index (χ1n) is 6.54. The highest BCUT2D eigenvalue weighted by atomic mass is 19.1. The van der Waals surface area contributed by atoms with Crippen LogP contribution in [0.5, 0.6) is 5.75 Å². The third-order valence-electron chi connectivity index (χ3n) is 2.80. The van der Waals surface area contributed by atoms with Crippen LogP contribution in [0.3, 0.4) is 0 Å². The van der Waals surface area contributed by atoms with E-state index in [2.05, 4.69) is 26.1 Å². The number of ether oxygens (including phenoxy) is 1. The molecule has 0 radical (unpaired) electrons. The summed E-state index contributed by atoms with van der Waals surface area (Å²) >= 11 is 0. The Hall–Kier alpha value is -1.09. The van der Waals surface area contributed by atoms with Crippen LogP contribution < -0.4 is 10.1 Å². The van der Waals surface area contributed by atoms with E-state index in [4.69, 9.17) is 4.74 Å². The van der Waals surface area contributed by atoms with E-state index in [9.17, 15) is 4.39 Å². The molecule has 0 aliphatic heterocycles. The molecular weight excluding hydrogens is 229 g/mol. The number of hydrogen-bond acceptors (Lipinski definition) is 2. The molecule has 0 spiro atoms. The van der Waals surface area contributed by atoms with Gasteiger partial charge in [-0.25, -0.2) is 4.39 Å². The standard InChI is InChI=1S/C15H24FNO/c1-5-8-17-10-15(3,4)11-18-13-7-6-12(2)14(16)9-13/h6-7,9,17H,5,8,10-11H2,1-4H3. The maximum Gasteiger partial charge on any atom is 0.129 e. The Labute approximate surface area is 110 Å². The van der Waals surface area contributed by atoms with E-state index in [1.807, 2.05) is 6.07 Å². The molecule has 18 heavy (non-hydrogen) atoms. The minimum absolute atomic E-state index is 0.0382. The van der Waals surface area contributed by atoms with Gasteiger partial charge in [0.2, 0.25) is 0 Å². The van der Waals surface area contributed by atoms with Crippen molar-refractivity contribution in [3.8, 4) is 5.75 Å². The average molecular weight is 253 g/mol. The second kappa shape index (κ2) is 6.74. The number of hydrogen-bond donors (Lipinski definition) is 1. The van der Waals surface area contributed by atoms with Crippen molar-refractivity contribution in [2.24, 2.45) is 5.41 Å². The van der Waals surface area contributed by atoms with Crippen LogP contribution in [0.4, 0.5) is 4.39 Å². The molecule has 0 aromatic heterocycles. The first kappa shape index (κ1) is 15.0. The van der Waals surface area contributed by atoms with Crippen molar-refractivity contribution in [1.29, 1.82) is 0 Å². The lowest BCUT2D eigenvalue weighted by Crippen LogP contribution is -2.34. The molecule has 0 unspecified atom stereocenters. The second-order valence-electron chi connectivity index (χ2n) is 5.54. The smallest absolute Gasteiger partial charge is 0.129 e.